The third kappa shape index (κ3) is 3.20. The van der Waals surface area contributed by atoms with Crippen molar-refractivity contribution >= 4 is 28.4 Å². The van der Waals surface area contributed by atoms with Gasteiger partial charge in [-0.2, -0.15) is 0 Å². The highest BCUT2D eigenvalue weighted by molar-refractivity contribution is 6.05. The third-order valence-electron chi connectivity index (χ3n) is 4.62. The van der Waals surface area contributed by atoms with Crippen molar-refractivity contribution in [3.8, 4) is 0 Å². The molecule has 1 saturated heterocycles. The number of pyridine rings is 1. The van der Waals surface area contributed by atoms with Gasteiger partial charge in [-0.25, -0.2) is 4.98 Å². The SMILES string of the molecule is Cc1noc2ncc(C(=O)Nc3ccc(N4CCCCC4)cc3)cc12. The van der Waals surface area contributed by atoms with E-state index < -0.39 is 0 Å². The smallest absolute Gasteiger partial charge is 0.257 e. The number of amides is 1. The van der Waals surface area contributed by atoms with Crippen molar-refractivity contribution in [3.63, 3.8) is 0 Å². The lowest BCUT2D eigenvalue weighted by molar-refractivity contribution is 0.102. The van der Waals surface area contributed by atoms with Crippen LogP contribution < -0.4 is 10.2 Å². The van der Waals surface area contributed by atoms with Crippen molar-refractivity contribution in [2.75, 3.05) is 23.3 Å². The number of aryl methyl sites for hydroxylation is 1. The number of hydrogen-bond donors (Lipinski definition) is 1. The van der Waals surface area contributed by atoms with Crippen LogP contribution in [-0.2, 0) is 0 Å². The summed E-state index contributed by atoms with van der Waals surface area (Å²) in [5, 5.41) is 7.53. The minimum absolute atomic E-state index is 0.194. The second-order valence-corrected chi connectivity index (χ2v) is 6.39. The van der Waals surface area contributed by atoms with Gasteiger partial charge in [0.25, 0.3) is 11.6 Å². The summed E-state index contributed by atoms with van der Waals surface area (Å²) in [5.41, 5.74) is 3.63. The minimum Gasteiger partial charge on any atom is -0.372 e. The Labute approximate surface area is 145 Å². The molecule has 6 nitrogen and oxygen atoms in total. The van der Waals surface area contributed by atoms with Gasteiger partial charge in [-0.1, -0.05) is 5.16 Å². The van der Waals surface area contributed by atoms with Crippen LogP contribution in [0.2, 0.25) is 0 Å². The quantitative estimate of drug-likeness (QED) is 0.788. The van der Waals surface area contributed by atoms with Gasteiger partial charge >= 0.3 is 0 Å². The summed E-state index contributed by atoms with van der Waals surface area (Å²) in [6.45, 7) is 4.04. The molecule has 1 fully saturated rings. The first-order valence-electron chi connectivity index (χ1n) is 8.59. The van der Waals surface area contributed by atoms with E-state index in [2.05, 4.69) is 32.5 Å². The van der Waals surface area contributed by atoms with E-state index in [-0.39, 0.29) is 5.91 Å². The van der Waals surface area contributed by atoms with E-state index >= 15 is 0 Å². The van der Waals surface area contributed by atoms with Crippen molar-refractivity contribution in [2.24, 2.45) is 0 Å². The Morgan fingerprint density at radius 1 is 1.16 bits per heavy atom. The van der Waals surface area contributed by atoms with Gasteiger partial charge in [0, 0.05) is 30.7 Å². The molecule has 0 unspecified atom stereocenters. The first-order chi connectivity index (χ1) is 12.2. The minimum atomic E-state index is -0.194. The molecular formula is C19H20N4O2. The molecule has 3 aromatic rings. The van der Waals surface area contributed by atoms with E-state index in [1.807, 2.05) is 19.1 Å². The Bertz CT molecular complexity index is 895. The maximum absolute atomic E-state index is 12.5. The zero-order valence-corrected chi connectivity index (χ0v) is 14.2. The average Bonchev–Trinajstić information content (AvgIpc) is 3.03. The number of nitrogens with one attached hydrogen (secondary N) is 1. The molecule has 3 heterocycles. The predicted molar refractivity (Wildman–Crippen MR) is 97.0 cm³/mol. The van der Waals surface area contributed by atoms with Gasteiger partial charge in [0.1, 0.15) is 0 Å². The molecule has 0 atom stereocenters. The van der Waals surface area contributed by atoms with Gasteiger partial charge in [-0.05, 0) is 56.5 Å². The molecular weight excluding hydrogens is 316 g/mol. The number of hydrogen-bond acceptors (Lipinski definition) is 5. The van der Waals surface area contributed by atoms with Gasteiger partial charge in [0.05, 0.1) is 16.6 Å². The molecule has 6 heteroatoms. The molecule has 1 aromatic carbocycles. The van der Waals surface area contributed by atoms with Crippen LogP contribution in [0.4, 0.5) is 11.4 Å². The van der Waals surface area contributed by atoms with Crippen LogP contribution in [0.25, 0.3) is 11.1 Å². The van der Waals surface area contributed by atoms with Gasteiger partial charge in [-0.3, -0.25) is 4.79 Å². The summed E-state index contributed by atoms with van der Waals surface area (Å²) >= 11 is 0. The highest BCUT2D eigenvalue weighted by atomic mass is 16.5. The summed E-state index contributed by atoms with van der Waals surface area (Å²) in [6, 6.07) is 9.77. The zero-order valence-electron chi connectivity index (χ0n) is 14.2. The molecule has 1 aliphatic rings. The zero-order chi connectivity index (χ0) is 17.2. The fraction of sp³-hybridized carbons (Fsp3) is 0.316. The maximum Gasteiger partial charge on any atom is 0.257 e. The van der Waals surface area contributed by atoms with Gasteiger partial charge in [0.2, 0.25) is 0 Å². The summed E-state index contributed by atoms with van der Waals surface area (Å²) < 4.78 is 5.08. The first kappa shape index (κ1) is 15.6. The number of benzene rings is 1. The fourth-order valence-corrected chi connectivity index (χ4v) is 3.18. The Morgan fingerprint density at radius 2 is 1.92 bits per heavy atom. The first-order valence-corrected chi connectivity index (χ1v) is 8.59. The number of carbonyl (C=O) groups is 1. The van der Waals surface area contributed by atoms with Gasteiger partial charge in [-0.15, -0.1) is 0 Å². The molecule has 0 saturated carbocycles. The Hall–Kier alpha value is -2.89. The lowest BCUT2D eigenvalue weighted by atomic mass is 10.1. The number of anilines is 2. The standard InChI is InChI=1S/C19H20N4O2/c1-13-17-11-14(12-20-19(17)25-22-13)18(24)21-15-5-7-16(8-6-15)23-9-3-2-4-10-23/h5-8,11-12H,2-4,9-10H2,1H3,(H,21,24). The van der Waals surface area contributed by atoms with Crippen molar-refractivity contribution in [2.45, 2.75) is 26.2 Å². The van der Waals surface area contributed by atoms with Crippen LogP contribution in [-0.4, -0.2) is 29.1 Å². The molecule has 0 radical (unpaired) electrons. The van der Waals surface area contributed by atoms with Crippen molar-refractivity contribution < 1.29 is 9.32 Å². The molecule has 1 aliphatic heterocycles. The molecule has 0 aliphatic carbocycles. The second kappa shape index (κ2) is 6.55. The van der Waals surface area contributed by atoms with E-state index in [0.717, 1.165) is 29.9 Å². The molecule has 1 N–H and O–H groups in total. The molecule has 4 rings (SSSR count). The summed E-state index contributed by atoms with van der Waals surface area (Å²) in [7, 11) is 0. The average molecular weight is 336 g/mol. The van der Waals surface area contributed by atoms with Crippen LogP contribution in [0, 0.1) is 6.92 Å². The topological polar surface area (TPSA) is 71.3 Å². The van der Waals surface area contributed by atoms with Crippen molar-refractivity contribution in [1.82, 2.24) is 10.1 Å². The molecule has 2 aromatic heterocycles. The summed E-state index contributed by atoms with van der Waals surface area (Å²) in [6.07, 6.45) is 5.31. The molecule has 25 heavy (non-hydrogen) atoms. The number of rotatable bonds is 3. The number of piperidine rings is 1. The fourth-order valence-electron chi connectivity index (χ4n) is 3.18. The number of aromatic nitrogens is 2. The Kier molecular flexibility index (Phi) is 4.09. The largest absolute Gasteiger partial charge is 0.372 e. The Balaban J connectivity index is 1.48. The number of nitrogens with zero attached hydrogens (tertiary/aromatic N) is 3. The van der Waals surface area contributed by atoms with Crippen LogP contribution in [0.5, 0.6) is 0 Å². The highest BCUT2D eigenvalue weighted by Crippen LogP contribution is 2.22. The second-order valence-electron chi connectivity index (χ2n) is 6.39. The monoisotopic (exact) mass is 336 g/mol. The van der Waals surface area contributed by atoms with Crippen LogP contribution in [0.3, 0.4) is 0 Å². The number of fused-ring (bicyclic) bond motifs is 1. The Morgan fingerprint density at radius 3 is 2.68 bits per heavy atom. The van der Waals surface area contributed by atoms with Crippen LogP contribution >= 0.6 is 0 Å². The third-order valence-corrected chi connectivity index (χ3v) is 4.62. The van der Waals surface area contributed by atoms with Crippen molar-refractivity contribution in [3.05, 3.63) is 47.8 Å². The summed E-state index contributed by atoms with van der Waals surface area (Å²) in [4.78, 5) is 19.0. The summed E-state index contributed by atoms with van der Waals surface area (Å²) in [5.74, 6) is -0.194. The normalized spacial score (nSPS) is 14.7. The van der Waals surface area contributed by atoms with Crippen LogP contribution in [0.15, 0.2) is 41.1 Å². The van der Waals surface area contributed by atoms with E-state index in [1.165, 1.54) is 31.1 Å². The van der Waals surface area contributed by atoms with Crippen molar-refractivity contribution in [1.29, 1.82) is 0 Å². The molecule has 0 bridgehead atoms. The van der Waals surface area contributed by atoms with Gasteiger partial charge < -0.3 is 14.7 Å². The maximum atomic E-state index is 12.5. The molecule has 128 valence electrons. The van der Waals surface area contributed by atoms with E-state index in [0.29, 0.717) is 11.3 Å². The predicted octanol–water partition coefficient (Wildman–Crippen LogP) is 3.77. The lowest BCUT2D eigenvalue weighted by Gasteiger charge is -2.28. The lowest BCUT2D eigenvalue weighted by Crippen LogP contribution is -2.29. The molecule has 1 amide bonds. The van der Waals surface area contributed by atoms with E-state index in [1.54, 1.807) is 6.07 Å². The van der Waals surface area contributed by atoms with E-state index in [4.69, 9.17) is 4.52 Å². The van der Waals surface area contributed by atoms with E-state index in [9.17, 15) is 4.79 Å². The number of carbonyl (C=O) groups excluding carboxylic acids is 1. The van der Waals surface area contributed by atoms with Crippen LogP contribution in [0.1, 0.15) is 35.3 Å². The van der Waals surface area contributed by atoms with Gasteiger partial charge in [0.15, 0.2) is 0 Å². The molecule has 0 spiro atoms. The highest BCUT2D eigenvalue weighted by Gasteiger charge is 2.13.